The Bertz CT molecular complexity index is 1830. The largest absolute Gasteiger partial charge is 0.481 e. The number of hydrogen-bond donors (Lipinski definition) is 8. The maximum Gasteiger partial charge on any atom is 0.312 e. The van der Waals surface area contributed by atoms with Crippen molar-refractivity contribution in [2.24, 2.45) is 5.73 Å². The van der Waals surface area contributed by atoms with Crippen molar-refractivity contribution in [2.45, 2.75) is 89.0 Å². The number of para-hydroxylation sites is 1. The molecule has 17 heteroatoms. The molecule has 0 unspecified atom stereocenters. The first kappa shape index (κ1) is 42.1. The van der Waals surface area contributed by atoms with Crippen molar-refractivity contribution in [2.75, 3.05) is 19.0 Å². The Morgan fingerprint density at radius 2 is 1.65 bits per heavy atom. The summed E-state index contributed by atoms with van der Waals surface area (Å²) in [5.41, 5.74) is 8.65. The van der Waals surface area contributed by atoms with Crippen LogP contribution < -0.4 is 32.3 Å². The molecule has 296 valence electrons. The molecule has 7 amide bonds. The van der Waals surface area contributed by atoms with Crippen LogP contribution in [0.5, 0.6) is 0 Å². The first-order valence-electron chi connectivity index (χ1n) is 18.3. The van der Waals surface area contributed by atoms with Crippen LogP contribution in [0, 0.1) is 6.92 Å². The highest BCUT2D eigenvalue weighted by molar-refractivity contribution is 6.27. The van der Waals surface area contributed by atoms with E-state index in [2.05, 4.69) is 31.6 Å². The number of aryl methyl sites for hydroxylation is 1. The summed E-state index contributed by atoms with van der Waals surface area (Å²) in [4.78, 5) is 95.0. The molecule has 9 N–H and O–H groups in total. The average molecular weight is 781 g/mol. The second kappa shape index (κ2) is 20.7. The predicted octanol–water partition coefficient (Wildman–Crippen LogP) is 1.72. The van der Waals surface area contributed by atoms with E-state index in [1.54, 1.807) is 6.20 Å². The van der Waals surface area contributed by atoms with E-state index < -0.39 is 78.0 Å². The minimum atomic E-state index is -1.23. The van der Waals surface area contributed by atoms with Gasteiger partial charge in [-0.3, -0.25) is 28.8 Å². The molecule has 4 rings (SSSR count). The lowest BCUT2D eigenvalue weighted by Gasteiger charge is -2.37. The molecule has 1 aliphatic heterocycles. The lowest BCUT2D eigenvalue weighted by atomic mass is 9.97. The van der Waals surface area contributed by atoms with Crippen LogP contribution in [0.3, 0.4) is 0 Å². The number of carbonyl (C=O) groups excluding carboxylic acids is 6. The number of nitrogens with one attached hydrogen (secondary N) is 6. The van der Waals surface area contributed by atoms with E-state index in [0.29, 0.717) is 19.3 Å². The summed E-state index contributed by atoms with van der Waals surface area (Å²) in [5.74, 6) is -4.66. The molecule has 0 saturated carbocycles. The number of rotatable bonds is 19. The second-order valence-electron chi connectivity index (χ2n) is 13.6. The molecule has 0 bridgehead atoms. The van der Waals surface area contributed by atoms with Gasteiger partial charge in [-0.2, -0.15) is 0 Å². The Balaban J connectivity index is 1.58. The van der Waals surface area contributed by atoms with Crippen LogP contribution in [-0.4, -0.2) is 99.7 Å². The van der Waals surface area contributed by atoms with Crippen LogP contribution in [0.15, 0.2) is 54.7 Å². The second-order valence-corrected chi connectivity index (χ2v) is 13.8. The fourth-order valence-electron chi connectivity index (χ4n) is 6.50. The van der Waals surface area contributed by atoms with Gasteiger partial charge in [0.2, 0.25) is 29.5 Å². The molecule has 4 atom stereocenters. The van der Waals surface area contributed by atoms with E-state index in [1.165, 1.54) is 4.90 Å². The quantitative estimate of drug-likeness (QED) is 0.0656. The van der Waals surface area contributed by atoms with Crippen molar-refractivity contribution in [3.63, 3.8) is 0 Å². The molecule has 0 spiro atoms. The number of urea groups is 1. The van der Waals surface area contributed by atoms with E-state index in [9.17, 15) is 38.7 Å². The summed E-state index contributed by atoms with van der Waals surface area (Å²) in [7, 11) is 0. The smallest absolute Gasteiger partial charge is 0.312 e. The van der Waals surface area contributed by atoms with Gasteiger partial charge >= 0.3 is 12.0 Å². The lowest BCUT2D eigenvalue weighted by Crippen LogP contribution is -2.60. The van der Waals surface area contributed by atoms with Crippen molar-refractivity contribution >= 4 is 64.0 Å². The number of carbonyl (C=O) groups is 7. The highest BCUT2D eigenvalue weighted by Gasteiger charge is 2.38. The lowest BCUT2D eigenvalue weighted by molar-refractivity contribution is -0.146. The summed E-state index contributed by atoms with van der Waals surface area (Å²) < 4.78 is 0. The number of hydrogen-bond acceptors (Lipinski definition) is 7. The summed E-state index contributed by atoms with van der Waals surface area (Å²) in [5, 5.41) is 23.6. The van der Waals surface area contributed by atoms with Crippen molar-refractivity contribution in [1.29, 1.82) is 0 Å². The Hall–Kier alpha value is -5.64. The average Bonchev–Trinajstić information content (AvgIpc) is 3.58. The fraction of sp³-hybridized carbons (Fsp3) is 0.447. The van der Waals surface area contributed by atoms with Gasteiger partial charge < -0.3 is 47.3 Å². The number of benzene rings is 2. The van der Waals surface area contributed by atoms with Crippen LogP contribution in [0.2, 0.25) is 0 Å². The minimum absolute atomic E-state index is 0.0240. The molecule has 0 radical (unpaired) electrons. The normalized spacial score (nSPS) is 15.6. The first-order valence-corrected chi connectivity index (χ1v) is 18.8. The molecule has 2 heterocycles. The van der Waals surface area contributed by atoms with Gasteiger partial charge in [0.05, 0.1) is 0 Å². The summed E-state index contributed by atoms with van der Waals surface area (Å²) in [6.45, 7) is 2.47. The number of H-pyrrole nitrogens is 1. The zero-order chi connectivity index (χ0) is 39.9. The highest BCUT2D eigenvalue weighted by Crippen LogP contribution is 2.22. The third kappa shape index (κ3) is 12.7. The number of primary amides is 1. The minimum Gasteiger partial charge on any atom is -0.481 e. The zero-order valence-electron chi connectivity index (χ0n) is 30.7. The predicted molar refractivity (Wildman–Crippen MR) is 205 cm³/mol. The van der Waals surface area contributed by atoms with Crippen LogP contribution in [0.4, 0.5) is 4.79 Å². The maximum atomic E-state index is 14.2. The third-order valence-electron chi connectivity index (χ3n) is 9.41. The Morgan fingerprint density at radius 3 is 2.36 bits per heavy atom. The number of carboxylic acids is 1. The number of aromatic nitrogens is 1. The molecule has 16 nitrogen and oxygen atoms in total. The summed E-state index contributed by atoms with van der Waals surface area (Å²) in [6, 6.07) is 9.79. The van der Waals surface area contributed by atoms with Gasteiger partial charge in [-0.1, -0.05) is 48.0 Å². The number of aliphatic carboxylic acids is 1. The Labute approximate surface area is 323 Å². The fourth-order valence-corrected chi connectivity index (χ4v) is 6.58. The number of carboxylic acid groups (broad SMARTS) is 1. The van der Waals surface area contributed by atoms with Gasteiger partial charge in [-0.25, -0.2) is 4.79 Å². The molecule has 0 aliphatic carbocycles. The number of aromatic amines is 1. The standard InChI is InChI=1S/C38H49ClN8O8/c1-23-11-13-24(14-12-23)21-43-34(51)28(9-6-17-41-38(40)55)45-35(52)30(19-25-22-42-27-8-3-2-7-26(25)27)46-36(53)31-10-4-5-18-47(31)37(54)29(15-16-33(49)50)44-32(48)20-39/h2-3,7-8,11-14,22,28-31,42H,4-6,9-10,15-21H2,1H3,(H,43,51)(H,44,48)(H,45,52)(H,46,53)(H,49,50)(H3,40,41,55)/t28-,29-,30-,31-/m0/s1. The topological polar surface area (TPSA) is 245 Å². The zero-order valence-corrected chi connectivity index (χ0v) is 31.5. The molecular weight excluding hydrogens is 732 g/mol. The number of likely N-dealkylation sites (tertiary alicyclic amines) is 1. The van der Waals surface area contributed by atoms with Crippen molar-refractivity contribution < 1.29 is 38.7 Å². The number of nitrogens with two attached hydrogens (primary N) is 1. The van der Waals surface area contributed by atoms with E-state index >= 15 is 0 Å². The van der Waals surface area contributed by atoms with Crippen molar-refractivity contribution in [3.05, 3.63) is 71.4 Å². The molecule has 55 heavy (non-hydrogen) atoms. The Kier molecular flexibility index (Phi) is 15.9. The Morgan fingerprint density at radius 1 is 0.909 bits per heavy atom. The molecule has 1 saturated heterocycles. The van der Waals surface area contributed by atoms with Gasteiger partial charge in [-0.05, 0) is 62.6 Å². The van der Waals surface area contributed by atoms with E-state index in [0.717, 1.165) is 27.6 Å². The van der Waals surface area contributed by atoms with Gasteiger partial charge in [0, 0.05) is 49.6 Å². The number of fused-ring (bicyclic) bond motifs is 1. The third-order valence-corrected chi connectivity index (χ3v) is 9.65. The van der Waals surface area contributed by atoms with E-state index in [4.69, 9.17) is 17.3 Å². The SMILES string of the molecule is Cc1ccc(CNC(=O)[C@H](CCCNC(N)=O)NC(=O)[C@H](Cc2c[nH]c3ccccc23)NC(=O)[C@@H]2CCCCN2C(=O)[C@H](CCC(=O)O)NC(=O)CCl)cc1. The molecular formula is C38H49ClN8O8. The molecule has 3 aromatic rings. The summed E-state index contributed by atoms with van der Waals surface area (Å²) in [6.07, 6.45) is 2.99. The van der Waals surface area contributed by atoms with Crippen LogP contribution in [0.25, 0.3) is 10.9 Å². The highest BCUT2D eigenvalue weighted by atomic mass is 35.5. The van der Waals surface area contributed by atoms with Gasteiger partial charge in [0.25, 0.3) is 0 Å². The number of piperidine rings is 1. The first-order chi connectivity index (χ1) is 26.4. The number of alkyl halides is 1. The van der Waals surface area contributed by atoms with Gasteiger partial charge in [0.15, 0.2) is 0 Å². The maximum absolute atomic E-state index is 14.2. The van der Waals surface area contributed by atoms with Gasteiger partial charge in [0.1, 0.15) is 30.0 Å². The van der Waals surface area contributed by atoms with Crippen LogP contribution in [0.1, 0.15) is 61.6 Å². The monoisotopic (exact) mass is 780 g/mol. The molecule has 1 aromatic heterocycles. The number of amides is 7. The number of nitrogens with zero attached hydrogens (tertiary/aromatic N) is 1. The van der Waals surface area contributed by atoms with Crippen LogP contribution in [-0.2, 0) is 41.7 Å². The molecule has 1 fully saturated rings. The van der Waals surface area contributed by atoms with E-state index in [-0.39, 0.29) is 45.3 Å². The molecule has 1 aliphatic rings. The van der Waals surface area contributed by atoms with Gasteiger partial charge in [-0.15, -0.1) is 11.6 Å². The van der Waals surface area contributed by atoms with Crippen molar-refractivity contribution in [3.8, 4) is 0 Å². The summed E-state index contributed by atoms with van der Waals surface area (Å²) >= 11 is 5.66. The van der Waals surface area contributed by atoms with Crippen LogP contribution >= 0.6 is 11.6 Å². The molecule has 2 aromatic carbocycles. The van der Waals surface area contributed by atoms with E-state index in [1.807, 2.05) is 55.5 Å². The van der Waals surface area contributed by atoms with Crippen molar-refractivity contribution in [1.82, 2.24) is 36.5 Å². The number of halogens is 1.